The lowest BCUT2D eigenvalue weighted by Gasteiger charge is -2.23. The molecule has 1 aromatic heterocycles. The molecular weight excluding hydrogens is 188 g/mol. The molecule has 4 heteroatoms. The van der Waals surface area contributed by atoms with E-state index in [2.05, 4.69) is 9.97 Å². The fourth-order valence-corrected chi connectivity index (χ4v) is 1.18. The minimum Gasteiger partial charge on any atom is -0.344 e. The third-order valence-electron chi connectivity index (χ3n) is 2.22. The van der Waals surface area contributed by atoms with Gasteiger partial charge in [0.1, 0.15) is 0 Å². The molecule has 4 nitrogen and oxygen atoms in total. The molecule has 0 bridgehead atoms. The largest absolute Gasteiger partial charge is 0.344 e. The molecule has 0 amide bonds. The maximum atomic E-state index is 5.92. The van der Waals surface area contributed by atoms with Gasteiger partial charge in [0.05, 0.1) is 0 Å². The Morgan fingerprint density at radius 1 is 1.47 bits per heavy atom. The molecule has 0 atom stereocenters. The Hall–Kier alpha value is -1.16. The van der Waals surface area contributed by atoms with E-state index in [9.17, 15) is 0 Å². The summed E-state index contributed by atoms with van der Waals surface area (Å²) < 4.78 is 0. The minimum absolute atomic E-state index is 0.141. The number of aromatic nitrogens is 2. The molecule has 15 heavy (non-hydrogen) atoms. The third-order valence-corrected chi connectivity index (χ3v) is 2.22. The van der Waals surface area contributed by atoms with Gasteiger partial charge in [-0.2, -0.15) is 0 Å². The molecule has 0 aliphatic heterocycles. The highest BCUT2D eigenvalue weighted by Crippen LogP contribution is 2.09. The first-order valence-electron chi connectivity index (χ1n) is 5.18. The minimum atomic E-state index is -0.141. The molecule has 0 aliphatic rings. The van der Waals surface area contributed by atoms with Crippen LogP contribution < -0.4 is 10.6 Å². The lowest BCUT2D eigenvalue weighted by Crippen LogP contribution is -2.36. The quantitative estimate of drug-likeness (QED) is 0.811. The van der Waals surface area contributed by atoms with Gasteiger partial charge in [-0.3, -0.25) is 0 Å². The zero-order valence-electron chi connectivity index (χ0n) is 9.99. The van der Waals surface area contributed by atoms with E-state index < -0.39 is 0 Å². The third kappa shape index (κ3) is 4.25. The molecule has 0 saturated heterocycles. The molecule has 84 valence electrons. The average molecular weight is 208 g/mol. The highest BCUT2D eigenvalue weighted by molar-refractivity contribution is 5.28. The number of hydrogen-bond donors (Lipinski definition) is 1. The Morgan fingerprint density at radius 2 is 2.13 bits per heavy atom. The molecular formula is C11H20N4. The highest BCUT2D eigenvalue weighted by atomic mass is 15.2. The number of nitrogens with two attached hydrogens (primary N) is 1. The summed E-state index contributed by atoms with van der Waals surface area (Å²) in [6.45, 7) is 6.88. The van der Waals surface area contributed by atoms with Crippen molar-refractivity contribution < 1.29 is 0 Å². The first kappa shape index (κ1) is 11.9. The van der Waals surface area contributed by atoms with Gasteiger partial charge in [0, 0.05) is 31.0 Å². The fourth-order valence-electron chi connectivity index (χ4n) is 1.18. The SMILES string of the molecule is Cc1ccnc(N(C)CCC(C)(C)N)n1. The summed E-state index contributed by atoms with van der Waals surface area (Å²) in [5, 5.41) is 0. The van der Waals surface area contributed by atoms with Gasteiger partial charge in [-0.25, -0.2) is 9.97 Å². The lowest BCUT2D eigenvalue weighted by molar-refractivity contribution is 0.477. The molecule has 0 fully saturated rings. The first-order valence-corrected chi connectivity index (χ1v) is 5.18. The number of nitrogens with zero attached hydrogens (tertiary/aromatic N) is 3. The molecule has 0 aromatic carbocycles. The van der Waals surface area contributed by atoms with Crippen molar-refractivity contribution in [1.82, 2.24) is 9.97 Å². The maximum absolute atomic E-state index is 5.92. The van der Waals surface area contributed by atoms with Crippen LogP contribution in [-0.2, 0) is 0 Å². The summed E-state index contributed by atoms with van der Waals surface area (Å²) in [6, 6.07) is 1.89. The van der Waals surface area contributed by atoms with Crippen LogP contribution in [0.5, 0.6) is 0 Å². The van der Waals surface area contributed by atoms with Crippen molar-refractivity contribution in [3.8, 4) is 0 Å². The zero-order chi connectivity index (χ0) is 11.5. The van der Waals surface area contributed by atoms with Crippen molar-refractivity contribution in [3.05, 3.63) is 18.0 Å². The Bertz CT molecular complexity index is 317. The van der Waals surface area contributed by atoms with Gasteiger partial charge in [0.2, 0.25) is 5.95 Å². The van der Waals surface area contributed by atoms with E-state index >= 15 is 0 Å². The van der Waals surface area contributed by atoms with Crippen LogP contribution in [0.25, 0.3) is 0 Å². The number of rotatable bonds is 4. The van der Waals surface area contributed by atoms with Crippen molar-refractivity contribution in [3.63, 3.8) is 0 Å². The van der Waals surface area contributed by atoms with Crippen molar-refractivity contribution in [1.29, 1.82) is 0 Å². The molecule has 1 heterocycles. The van der Waals surface area contributed by atoms with E-state index in [0.29, 0.717) is 0 Å². The van der Waals surface area contributed by atoms with Crippen LogP contribution >= 0.6 is 0 Å². The summed E-state index contributed by atoms with van der Waals surface area (Å²) >= 11 is 0. The molecule has 2 N–H and O–H groups in total. The van der Waals surface area contributed by atoms with Crippen molar-refractivity contribution in [2.24, 2.45) is 5.73 Å². The van der Waals surface area contributed by atoms with Crippen LogP contribution in [0, 0.1) is 6.92 Å². The van der Waals surface area contributed by atoms with Gasteiger partial charge in [-0.1, -0.05) is 0 Å². The Morgan fingerprint density at radius 3 is 2.67 bits per heavy atom. The summed E-state index contributed by atoms with van der Waals surface area (Å²) in [6.07, 6.45) is 2.70. The van der Waals surface area contributed by atoms with Crippen molar-refractivity contribution >= 4 is 5.95 Å². The Labute approximate surface area is 91.5 Å². The molecule has 0 unspecified atom stereocenters. The molecule has 1 aromatic rings. The average Bonchev–Trinajstić information content (AvgIpc) is 2.13. The van der Waals surface area contributed by atoms with Gasteiger partial charge < -0.3 is 10.6 Å². The number of hydrogen-bond acceptors (Lipinski definition) is 4. The first-order chi connectivity index (χ1) is 6.88. The van der Waals surface area contributed by atoms with E-state index in [1.807, 2.05) is 38.8 Å². The standard InChI is InChI=1S/C11H20N4/c1-9-5-7-13-10(14-9)15(4)8-6-11(2,3)12/h5,7H,6,8,12H2,1-4H3. The van der Waals surface area contributed by atoms with Crippen LogP contribution in [0.2, 0.25) is 0 Å². The smallest absolute Gasteiger partial charge is 0.225 e. The number of aryl methyl sites for hydroxylation is 1. The zero-order valence-corrected chi connectivity index (χ0v) is 9.99. The Balaban J connectivity index is 2.58. The highest BCUT2D eigenvalue weighted by Gasteiger charge is 2.12. The van der Waals surface area contributed by atoms with Gasteiger partial charge in [-0.05, 0) is 33.3 Å². The van der Waals surface area contributed by atoms with E-state index in [-0.39, 0.29) is 5.54 Å². The van der Waals surface area contributed by atoms with Gasteiger partial charge in [-0.15, -0.1) is 0 Å². The Kier molecular flexibility index (Phi) is 3.63. The number of anilines is 1. The van der Waals surface area contributed by atoms with Crippen LogP contribution in [0.15, 0.2) is 12.3 Å². The van der Waals surface area contributed by atoms with Crippen molar-refractivity contribution in [2.75, 3.05) is 18.5 Å². The molecule has 0 aliphatic carbocycles. The van der Waals surface area contributed by atoms with Gasteiger partial charge in [0.25, 0.3) is 0 Å². The van der Waals surface area contributed by atoms with E-state index in [1.165, 1.54) is 0 Å². The van der Waals surface area contributed by atoms with E-state index in [0.717, 1.165) is 24.6 Å². The normalized spacial score (nSPS) is 11.5. The van der Waals surface area contributed by atoms with Crippen LogP contribution in [0.3, 0.4) is 0 Å². The van der Waals surface area contributed by atoms with Crippen LogP contribution in [0.4, 0.5) is 5.95 Å². The summed E-state index contributed by atoms with van der Waals surface area (Å²) in [5.41, 5.74) is 6.77. The van der Waals surface area contributed by atoms with Crippen LogP contribution in [-0.4, -0.2) is 29.1 Å². The predicted octanol–water partition coefficient (Wildman–Crippen LogP) is 1.35. The second-order valence-electron chi connectivity index (χ2n) is 4.66. The monoisotopic (exact) mass is 208 g/mol. The van der Waals surface area contributed by atoms with Gasteiger partial charge in [0.15, 0.2) is 0 Å². The second kappa shape index (κ2) is 4.57. The second-order valence-corrected chi connectivity index (χ2v) is 4.66. The molecule has 0 radical (unpaired) electrons. The van der Waals surface area contributed by atoms with Crippen LogP contribution in [0.1, 0.15) is 26.0 Å². The predicted molar refractivity (Wildman–Crippen MR) is 62.9 cm³/mol. The summed E-state index contributed by atoms with van der Waals surface area (Å²) in [7, 11) is 1.99. The maximum Gasteiger partial charge on any atom is 0.225 e. The molecule has 1 rings (SSSR count). The van der Waals surface area contributed by atoms with E-state index in [4.69, 9.17) is 5.73 Å². The summed E-state index contributed by atoms with van der Waals surface area (Å²) in [5.74, 6) is 0.763. The van der Waals surface area contributed by atoms with Gasteiger partial charge >= 0.3 is 0 Å². The summed E-state index contributed by atoms with van der Waals surface area (Å²) in [4.78, 5) is 10.6. The van der Waals surface area contributed by atoms with Crippen molar-refractivity contribution in [2.45, 2.75) is 32.7 Å². The topological polar surface area (TPSA) is 55.0 Å². The lowest BCUT2D eigenvalue weighted by atomic mass is 10.0. The van der Waals surface area contributed by atoms with E-state index in [1.54, 1.807) is 6.20 Å². The fraction of sp³-hybridized carbons (Fsp3) is 0.636. The molecule has 0 saturated carbocycles. The molecule has 0 spiro atoms.